The normalized spacial score (nSPS) is 18.9. The number of nitriles is 1. The number of rotatable bonds is 3. The van der Waals surface area contributed by atoms with Crippen LogP contribution < -0.4 is 4.90 Å². The topological polar surface area (TPSA) is 77.2 Å². The number of pyridine rings is 1. The first-order valence-electron chi connectivity index (χ1n) is 6.44. The maximum absolute atomic E-state index is 10.8. The number of carboxylic acids is 1. The van der Waals surface area contributed by atoms with Gasteiger partial charge in [-0.3, -0.25) is 4.79 Å². The standard InChI is InChI=1S/C14H17N3O2/c1-10-4-5-16-14(12(10)8-15)17-6-2-3-11(9-17)7-13(18)19/h4-5,11H,2-3,6-7,9H2,1H3,(H,18,19). The Morgan fingerprint density at radius 2 is 2.47 bits per heavy atom. The Hall–Kier alpha value is -2.09. The molecule has 1 unspecified atom stereocenters. The van der Waals surface area contributed by atoms with Gasteiger partial charge in [-0.25, -0.2) is 4.98 Å². The van der Waals surface area contributed by atoms with Crippen molar-refractivity contribution in [2.45, 2.75) is 26.2 Å². The molecule has 1 aromatic rings. The van der Waals surface area contributed by atoms with Crippen LogP contribution in [0.1, 0.15) is 30.4 Å². The van der Waals surface area contributed by atoms with Gasteiger partial charge in [0.25, 0.3) is 0 Å². The van der Waals surface area contributed by atoms with Gasteiger partial charge < -0.3 is 10.0 Å². The van der Waals surface area contributed by atoms with Crippen LogP contribution in [0, 0.1) is 24.2 Å². The minimum atomic E-state index is -0.760. The molecular weight excluding hydrogens is 242 g/mol. The van der Waals surface area contributed by atoms with Crippen LogP contribution in [-0.4, -0.2) is 29.1 Å². The number of hydrogen-bond acceptors (Lipinski definition) is 4. The number of carboxylic acid groups (broad SMARTS) is 1. The molecule has 1 atom stereocenters. The molecule has 0 saturated carbocycles. The zero-order valence-corrected chi connectivity index (χ0v) is 11.0. The van der Waals surface area contributed by atoms with Crippen molar-refractivity contribution in [2.75, 3.05) is 18.0 Å². The molecule has 1 fully saturated rings. The molecule has 0 aliphatic carbocycles. The maximum Gasteiger partial charge on any atom is 0.303 e. The van der Waals surface area contributed by atoms with Gasteiger partial charge in [-0.2, -0.15) is 5.26 Å². The summed E-state index contributed by atoms with van der Waals surface area (Å²) in [5.41, 5.74) is 1.51. The van der Waals surface area contributed by atoms with Crippen molar-refractivity contribution in [3.63, 3.8) is 0 Å². The molecule has 0 radical (unpaired) electrons. The van der Waals surface area contributed by atoms with Gasteiger partial charge in [0.1, 0.15) is 11.9 Å². The van der Waals surface area contributed by atoms with E-state index in [1.165, 1.54) is 0 Å². The Labute approximate surface area is 112 Å². The Morgan fingerprint density at radius 3 is 3.16 bits per heavy atom. The van der Waals surface area contributed by atoms with Crippen LogP contribution in [0.5, 0.6) is 0 Å². The van der Waals surface area contributed by atoms with E-state index >= 15 is 0 Å². The zero-order valence-electron chi connectivity index (χ0n) is 11.0. The van der Waals surface area contributed by atoms with Gasteiger partial charge in [-0.15, -0.1) is 0 Å². The van der Waals surface area contributed by atoms with Gasteiger partial charge in [0.2, 0.25) is 0 Å². The van der Waals surface area contributed by atoms with E-state index in [2.05, 4.69) is 11.1 Å². The highest BCUT2D eigenvalue weighted by atomic mass is 16.4. The fourth-order valence-corrected chi connectivity index (χ4v) is 2.59. The van der Waals surface area contributed by atoms with Crippen molar-refractivity contribution in [2.24, 2.45) is 5.92 Å². The minimum Gasteiger partial charge on any atom is -0.481 e. The zero-order chi connectivity index (χ0) is 13.8. The first-order valence-corrected chi connectivity index (χ1v) is 6.44. The monoisotopic (exact) mass is 259 g/mol. The number of hydrogen-bond donors (Lipinski definition) is 1. The molecule has 2 heterocycles. The second-order valence-corrected chi connectivity index (χ2v) is 4.99. The molecule has 5 nitrogen and oxygen atoms in total. The van der Waals surface area contributed by atoms with Crippen molar-refractivity contribution in [3.8, 4) is 6.07 Å². The Balaban J connectivity index is 2.20. The summed E-state index contributed by atoms with van der Waals surface area (Å²) in [4.78, 5) is 17.1. The van der Waals surface area contributed by atoms with Gasteiger partial charge in [-0.05, 0) is 37.3 Å². The lowest BCUT2D eigenvalue weighted by Crippen LogP contribution is -2.37. The van der Waals surface area contributed by atoms with E-state index in [9.17, 15) is 10.1 Å². The number of aliphatic carboxylic acids is 1. The minimum absolute atomic E-state index is 0.139. The summed E-state index contributed by atoms with van der Waals surface area (Å²) in [6.07, 6.45) is 3.76. The van der Waals surface area contributed by atoms with E-state index in [1.54, 1.807) is 6.20 Å². The smallest absolute Gasteiger partial charge is 0.303 e. The lowest BCUT2D eigenvalue weighted by atomic mass is 9.94. The summed E-state index contributed by atoms with van der Waals surface area (Å²) >= 11 is 0. The van der Waals surface area contributed by atoms with Crippen LogP contribution in [0.4, 0.5) is 5.82 Å². The Kier molecular flexibility index (Phi) is 4.00. The summed E-state index contributed by atoms with van der Waals surface area (Å²) in [6, 6.07) is 4.02. The SMILES string of the molecule is Cc1ccnc(N2CCCC(CC(=O)O)C2)c1C#N. The van der Waals surface area contributed by atoms with Gasteiger partial charge in [0, 0.05) is 25.7 Å². The number of anilines is 1. The third-order valence-electron chi connectivity index (χ3n) is 3.53. The first-order chi connectivity index (χ1) is 9.11. The van der Waals surface area contributed by atoms with Crippen LogP contribution in [0.25, 0.3) is 0 Å². The molecule has 1 aromatic heterocycles. The van der Waals surface area contributed by atoms with E-state index in [1.807, 2.05) is 17.9 Å². The quantitative estimate of drug-likeness (QED) is 0.897. The molecule has 1 N–H and O–H groups in total. The van der Waals surface area contributed by atoms with Crippen molar-refractivity contribution >= 4 is 11.8 Å². The molecule has 19 heavy (non-hydrogen) atoms. The molecule has 0 amide bonds. The van der Waals surface area contributed by atoms with E-state index in [4.69, 9.17) is 5.11 Å². The summed E-state index contributed by atoms with van der Waals surface area (Å²) in [6.45, 7) is 3.39. The predicted molar refractivity (Wildman–Crippen MR) is 70.9 cm³/mol. The van der Waals surface area contributed by atoms with Crippen molar-refractivity contribution in [1.82, 2.24) is 4.98 Å². The molecule has 0 spiro atoms. The van der Waals surface area contributed by atoms with Crippen LogP contribution in [-0.2, 0) is 4.79 Å². The third-order valence-corrected chi connectivity index (χ3v) is 3.53. The van der Waals surface area contributed by atoms with Crippen molar-refractivity contribution in [3.05, 3.63) is 23.4 Å². The van der Waals surface area contributed by atoms with E-state index in [0.717, 1.165) is 24.9 Å². The number of aryl methyl sites for hydroxylation is 1. The molecule has 5 heteroatoms. The Morgan fingerprint density at radius 1 is 1.68 bits per heavy atom. The second kappa shape index (κ2) is 5.70. The summed E-state index contributed by atoms with van der Waals surface area (Å²) in [7, 11) is 0. The second-order valence-electron chi connectivity index (χ2n) is 4.99. The fourth-order valence-electron chi connectivity index (χ4n) is 2.59. The van der Waals surface area contributed by atoms with E-state index in [-0.39, 0.29) is 12.3 Å². The van der Waals surface area contributed by atoms with Crippen LogP contribution >= 0.6 is 0 Å². The van der Waals surface area contributed by atoms with Crippen LogP contribution in [0.2, 0.25) is 0 Å². The first kappa shape index (κ1) is 13.3. The summed E-state index contributed by atoms with van der Waals surface area (Å²) < 4.78 is 0. The molecular formula is C14H17N3O2. The van der Waals surface area contributed by atoms with Crippen LogP contribution in [0.15, 0.2) is 12.3 Å². The highest BCUT2D eigenvalue weighted by molar-refractivity contribution is 5.67. The maximum atomic E-state index is 10.8. The molecule has 2 rings (SSSR count). The van der Waals surface area contributed by atoms with Crippen molar-refractivity contribution < 1.29 is 9.90 Å². The number of carbonyl (C=O) groups is 1. The molecule has 1 saturated heterocycles. The number of aromatic nitrogens is 1. The van der Waals surface area contributed by atoms with Gasteiger partial charge in [0.15, 0.2) is 0 Å². The fraction of sp³-hybridized carbons (Fsp3) is 0.500. The average molecular weight is 259 g/mol. The largest absolute Gasteiger partial charge is 0.481 e. The van der Waals surface area contributed by atoms with E-state index < -0.39 is 5.97 Å². The third kappa shape index (κ3) is 3.02. The number of nitrogens with zero attached hydrogens (tertiary/aromatic N) is 3. The van der Waals surface area contributed by atoms with Crippen molar-refractivity contribution in [1.29, 1.82) is 5.26 Å². The average Bonchev–Trinajstić information content (AvgIpc) is 2.38. The number of piperidine rings is 1. The lowest BCUT2D eigenvalue weighted by molar-refractivity contribution is -0.138. The lowest BCUT2D eigenvalue weighted by Gasteiger charge is -2.33. The molecule has 100 valence electrons. The van der Waals surface area contributed by atoms with Gasteiger partial charge >= 0.3 is 5.97 Å². The summed E-state index contributed by atoms with van der Waals surface area (Å²) in [5.74, 6) is 0.0715. The Bertz CT molecular complexity index is 522. The predicted octanol–water partition coefficient (Wildman–Crippen LogP) is 1.95. The molecule has 0 bridgehead atoms. The van der Waals surface area contributed by atoms with E-state index in [0.29, 0.717) is 17.9 Å². The van der Waals surface area contributed by atoms with Gasteiger partial charge in [0.05, 0.1) is 5.56 Å². The highest BCUT2D eigenvalue weighted by Crippen LogP contribution is 2.27. The molecule has 0 aromatic carbocycles. The summed E-state index contributed by atoms with van der Waals surface area (Å²) in [5, 5.41) is 18.1. The molecule has 1 aliphatic rings. The molecule has 1 aliphatic heterocycles. The van der Waals surface area contributed by atoms with Gasteiger partial charge in [-0.1, -0.05) is 0 Å². The van der Waals surface area contributed by atoms with Crippen LogP contribution in [0.3, 0.4) is 0 Å². The highest BCUT2D eigenvalue weighted by Gasteiger charge is 2.24.